The maximum atomic E-state index is 6.37. The van der Waals surface area contributed by atoms with Gasteiger partial charge < -0.3 is 9.47 Å². The second-order valence-corrected chi connectivity index (χ2v) is 10.2. The van der Waals surface area contributed by atoms with Gasteiger partial charge in [0.15, 0.2) is 0 Å². The predicted molar refractivity (Wildman–Crippen MR) is 166 cm³/mol. The predicted octanol–water partition coefficient (Wildman–Crippen LogP) is 10.6. The molecule has 2 heteroatoms. The first kappa shape index (κ1) is 29.3. The molecule has 0 atom stereocenters. The van der Waals surface area contributed by atoms with E-state index in [0.717, 1.165) is 48.7 Å². The molecule has 202 valence electrons. The van der Waals surface area contributed by atoms with Crippen LogP contribution in [0, 0.1) is 13.8 Å². The summed E-state index contributed by atoms with van der Waals surface area (Å²) in [4.78, 5) is 0. The number of rotatable bonds is 16. The van der Waals surface area contributed by atoms with E-state index in [1.807, 2.05) is 0 Å². The number of hydrogen-bond donors (Lipinski definition) is 0. The second-order valence-electron chi connectivity index (χ2n) is 10.2. The first-order valence-corrected chi connectivity index (χ1v) is 14.5. The van der Waals surface area contributed by atoms with Crippen LogP contribution in [-0.2, 0) is 0 Å². The Morgan fingerprint density at radius 2 is 0.895 bits per heavy atom. The molecule has 0 aliphatic heterocycles. The van der Waals surface area contributed by atoms with Crippen molar-refractivity contribution in [1.82, 2.24) is 0 Å². The Kier molecular flexibility index (Phi) is 12.8. The van der Waals surface area contributed by atoms with Crippen LogP contribution in [0.25, 0.3) is 24.3 Å². The molecule has 0 spiro atoms. The molecule has 0 saturated heterocycles. The van der Waals surface area contributed by atoms with Gasteiger partial charge in [0.2, 0.25) is 0 Å². The van der Waals surface area contributed by atoms with E-state index in [9.17, 15) is 0 Å². The summed E-state index contributed by atoms with van der Waals surface area (Å²) in [5.74, 6) is 1.82. The molecule has 0 saturated carbocycles. The molecule has 2 nitrogen and oxygen atoms in total. The third kappa shape index (κ3) is 10.2. The molecule has 0 aliphatic rings. The maximum absolute atomic E-state index is 6.37. The Balaban J connectivity index is 1.91. The van der Waals surface area contributed by atoms with Gasteiger partial charge in [-0.2, -0.15) is 0 Å². The Bertz CT molecular complexity index is 1040. The highest BCUT2D eigenvalue weighted by Gasteiger charge is 2.10. The van der Waals surface area contributed by atoms with Crippen LogP contribution in [0.15, 0.2) is 60.7 Å². The number of aryl methyl sites for hydroxylation is 2. The lowest BCUT2D eigenvalue weighted by Gasteiger charge is -2.15. The van der Waals surface area contributed by atoms with Crippen molar-refractivity contribution in [2.24, 2.45) is 0 Å². The zero-order valence-corrected chi connectivity index (χ0v) is 24.0. The highest BCUT2D eigenvalue weighted by atomic mass is 16.5. The largest absolute Gasteiger partial charge is 0.493 e. The van der Waals surface area contributed by atoms with Crippen molar-refractivity contribution in [3.05, 3.63) is 94.0 Å². The Morgan fingerprint density at radius 3 is 1.26 bits per heavy atom. The molecule has 0 bridgehead atoms. The van der Waals surface area contributed by atoms with Gasteiger partial charge in [0, 0.05) is 11.1 Å². The van der Waals surface area contributed by atoms with E-state index in [2.05, 4.69) is 113 Å². The summed E-state index contributed by atoms with van der Waals surface area (Å²) in [5, 5.41) is 0. The van der Waals surface area contributed by atoms with Crippen LogP contribution in [0.4, 0.5) is 0 Å². The summed E-state index contributed by atoms with van der Waals surface area (Å²) >= 11 is 0. The number of unbranched alkanes of at least 4 members (excludes halogenated alkanes) is 6. The summed E-state index contributed by atoms with van der Waals surface area (Å²) < 4.78 is 12.7. The fourth-order valence-corrected chi connectivity index (χ4v) is 4.25. The molecule has 0 heterocycles. The van der Waals surface area contributed by atoms with E-state index in [1.165, 1.54) is 60.8 Å². The summed E-state index contributed by atoms with van der Waals surface area (Å²) in [6.07, 6.45) is 18.1. The molecule has 0 unspecified atom stereocenters. The van der Waals surface area contributed by atoms with E-state index in [1.54, 1.807) is 0 Å². The van der Waals surface area contributed by atoms with Crippen molar-refractivity contribution < 1.29 is 9.47 Å². The van der Waals surface area contributed by atoms with Crippen molar-refractivity contribution >= 4 is 24.3 Å². The molecule has 3 aromatic rings. The molecule has 3 aromatic carbocycles. The van der Waals surface area contributed by atoms with Crippen molar-refractivity contribution in [1.29, 1.82) is 0 Å². The highest BCUT2D eigenvalue weighted by molar-refractivity contribution is 5.79. The van der Waals surface area contributed by atoms with E-state index in [-0.39, 0.29) is 0 Å². The van der Waals surface area contributed by atoms with Gasteiger partial charge >= 0.3 is 0 Å². The van der Waals surface area contributed by atoms with Gasteiger partial charge in [0.1, 0.15) is 11.5 Å². The number of benzene rings is 3. The fraction of sp³-hybridized carbons (Fsp3) is 0.389. The van der Waals surface area contributed by atoms with Crippen molar-refractivity contribution in [2.75, 3.05) is 13.2 Å². The van der Waals surface area contributed by atoms with Gasteiger partial charge in [-0.05, 0) is 49.9 Å². The zero-order valence-electron chi connectivity index (χ0n) is 24.0. The van der Waals surface area contributed by atoms with E-state index in [0.29, 0.717) is 0 Å². The van der Waals surface area contributed by atoms with Gasteiger partial charge in [-0.3, -0.25) is 0 Å². The van der Waals surface area contributed by atoms with Gasteiger partial charge in [-0.15, -0.1) is 0 Å². The lowest BCUT2D eigenvalue weighted by molar-refractivity contribution is 0.296. The Morgan fingerprint density at radius 1 is 0.500 bits per heavy atom. The quantitative estimate of drug-likeness (QED) is 0.141. The van der Waals surface area contributed by atoms with Gasteiger partial charge in [-0.1, -0.05) is 136 Å². The van der Waals surface area contributed by atoms with Crippen molar-refractivity contribution in [2.45, 2.75) is 79.1 Å². The summed E-state index contributed by atoms with van der Waals surface area (Å²) in [5.41, 5.74) is 6.99. The van der Waals surface area contributed by atoms with Crippen molar-refractivity contribution in [3.8, 4) is 11.5 Å². The third-order valence-electron chi connectivity index (χ3n) is 6.72. The van der Waals surface area contributed by atoms with Crippen LogP contribution >= 0.6 is 0 Å². The smallest absolute Gasteiger partial charge is 0.127 e. The van der Waals surface area contributed by atoms with E-state index >= 15 is 0 Å². The first-order chi connectivity index (χ1) is 18.6. The zero-order chi connectivity index (χ0) is 27.0. The average Bonchev–Trinajstić information content (AvgIpc) is 2.93. The Labute approximate surface area is 231 Å². The lowest BCUT2D eigenvalue weighted by atomic mass is 10.0. The standard InChI is InChI=1S/C36H46O2/c1-5-7-9-11-25-37-35-27-34(24-22-32-19-15-30(4)16-20-32)36(38-26-12-10-8-6-2)28-33(35)23-21-31-17-13-29(3)14-18-31/h13-24,27-28H,5-12,25-26H2,1-4H3/b23-21+,24-22+. The van der Waals surface area contributed by atoms with E-state index < -0.39 is 0 Å². The Hall–Kier alpha value is -3.26. The average molecular weight is 511 g/mol. The summed E-state index contributed by atoms with van der Waals surface area (Å²) in [6.45, 7) is 10.2. The summed E-state index contributed by atoms with van der Waals surface area (Å²) in [7, 11) is 0. The fourth-order valence-electron chi connectivity index (χ4n) is 4.25. The second kappa shape index (κ2) is 16.6. The third-order valence-corrected chi connectivity index (χ3v) is 6.72. The van der Waals surface area contributed by atoms with Gasteiger partial charge in [-0.25, -0.2) is 0 Å². The molecule has 0 amide bonds. The highest BCUT2D eigenvalue weighted by Crippen LogP contribution is 2.33. The van der Waals surface area contributed by atoms with Crippen LogP contribution in [0.1, 0.15) is 98.6 Å². The van der Waals surface area contributed by atoms with Crippen LogP contribution in [0.3, 0.4) is 0 Å². The molecule has 3 rings (SSSR count). The summed E-state index contributed by atoms with van der Waals surface area (Å²) in [6, 6.07) is 21.5. The monoisotopic (exact) mass is 510 g/mol. The normalized spacial score (nSPS) is 11.5. The van der Waals surface area contributed by atoms with Crippen LogP contribution in [0.2, 0.25) is 0 Å². The van der Waals surface area contributed by atoms with Crippen LogP contribution in [0.5, 0.6) is 11.5 Å². The minimum absolute atomic E-state index is 0.726. The first-order valence-electron chi connectivity index (χ1n) is 14.5. The molecule has 0 N–H and O–H groups in total. The van der Waals surface area contributed by atoms with Crippen LogP contribution < -0.4 is 9.47 Å². The SMILES string of the molecule is CCCCCCOc1cc(/C=C/c2ccc(C)cc2)c(OCCCCCC)cc1/C=C/c1ccc(C)cc1. The molecular formula is C36H46O2. The maximum Gasteiger partial charge on any atom is 0.127 e. The molecular weight excluding hydrogens is 464 g/mol. The molecule has 0 aliphatic carbocycles. The minimum Gasteiger partial charge on any atom is -0.493 e. The van der Waals surface area contributed by atoms with Crippen LogP contribution in [-0.4, -0.2) is 13.2 Å². The number of ether oxygens (including phenoxy) is 2. The van der Waals surface area contributed by atoms with Gasteiger partial charge in [0.05, 0.1) is 13.2 Å². The minimum atomic E-state index is 0.726. The lowest BCUT2D eigenvalue weighted by Crippen LogP contribution is -2.03. The molecule has 0 radical (unpaired) electrons. The molecule has 0 aromatic heterocycles. The van der Waals surface area contributed by atoms with E-state index in [4.69, 9.17) is 9.47 Å². The topological polar surface area (TPSA) is 18.5 Å². The number of hydrogen-bond acceptors (Lipinski definition) is 2. The van der Waals surface area contributed by atoms with Gasteiger partial charge in [0.25, 0.3) is 0 Å². The van der Waals surface area contributed by atoms with Crippen molar-refractivity contribution in [3.63, 3.8) is 0 Å². The molecule has 38 heavy (non-hydrogen) atoms. The molecule has 0 fully saturated rings.